The fourth-order valence-electron chi connectivity index (χ4n) is 1.51. The predicted octanol–water partition coefficient (Wildman–Crippen LogP) is 4.59. The Morgan fingerprint density at radius 3 is 1.89 bits per heavy atom. The van der Waals surface area contributed by atoms with Crippen LogP contribution in [0.15, 0.2) is 53.0 Å². The van der Waals surface area contributed by atoms with Crippen molar-refractivity contribution in [2.45, 2.75) is 13.3 Å². The van der Waals surface area contributed by atoms with Crippen molar-refractivity contribution in [3.05, 3.63) is 58.6 Å². The number of hydrogen-bond donors (Lipinski definition) is 0. The van der Waals surface area contributed by atoms with Gasteiger partial charge in [-0.1, -0.05) is 35.0 Å². The Labute approximate surface area is 120 Å². The fraction of sp³-hybridized carbons (Fsp3) is 0.133. The fourth-order valence-corrected chi connectivity index (χ4v) is 1.77. The summed E-state index contributed by atoms with van der Waals surface area (Å²) in [5.41, 5.74) is 1.19. The summed E-state index contributed by atoms with van der Waals surface area (Å²) in [5, 5.41) is 0. The second kappa shape index (κ2) is 6.38. The number of carbonyl (C=O) groups is 1. The van der Waals surface area contributed by atoms with E-state index in [0.29, 0.717) is 11.5 Å². The summed E-state index contributed by atoms with van der Waals surface area (Å²) >= 11 is 3.31. The molecule has 2 aromatic rings. The van der Waals surface area contributed by atoms with Gasteiger partial charge < -0.3 is 9.47 Å². The summed E-state index contributed by atoms with van der Waals surface area (Å²) in [6.07, 6.45) is 0.204. The van der Waals surface area contributed by atoms with Crippen LogP contribution in [0.3, 0.4) is 0 Å². The smallest absolute Gasteiger partial charge is 0.395 e. The van der Waals surface area contributed by atoms with Gasteiger partial charge in [0.25, 0.3) is 0 Å². The second-order valence-electron chi connectivity index (χ2n) is 3.91. The largest absolute Gasteiger partial charge is 0.519 e. The average Bonchev–Trinajstić information content (AvgIpc) is 2.42. The molecule has 0 aliphatic heterocycles. The third-order valence-corrected chi connectivity index (χ3v) is 3.08. The summed E-state index contributed by atoms with van der Waals surface area (Å²) in [4.78, 5) is 11.6. The number of hydrogen-bond acceptors (Lipinski definition) is 3. The van der Waals surface area contributed by atoms with Gasteiger partial charge in [0, 0.05) is 4.47 Å². The van der Waals surface area contributed by atoms with Crippen molar-refractivity contribution < 1.29 is 14.3 Å². The van der Waals surface area contributed by atoms with E-state index in [0.717, 1.165) is 10.9 Å². The molecule has 0 aromatic heterocycles. The van der Waals surface area contributed by atoms with Crippen molar-refractivity contribution in [2.75, 3.05) is 0 Å². The lowest BCUT2D eigenvalue weighted by molar-refractivity contribution is 0.152. The van der Waals surface area contributed by atoms with Gasteiger partial charge in [-0.2, -0.15) is 0 Å². The van der Waals surface area contributed by atoms with E-state index in [4.69, 9.17) is 9.47 Å². The van der Waals surface area contributed by atoms with Crippen LogP contribution in [0.5, 0.6) is 11.5 Å². The zero-order valence-corrected chi connectivity index (χ0v) is 12.0. The minimum absolute atomic E-state index is 0.443. The van der Waals surface area contributed by atoms with Gasteiger partial charge in [-0.05, 0) is 48.4 Å². The van der Waals surface area contributed by atoms with E-state index in [1.165, 1.54) is 5.56 Å². The highest BCUT2D eigenvalue weighted by molar-refractivity contribution is 9.10. The van der Waals surface area contributed by atoms with Crippen molar-refractivity contribution in [2.24, 2.45) is 0 Å². The van der Waals surface area contributed by atoms with E-state index in [9.17, 15) is 4.79 Å². The molecular weight excluding hydrogens is 308 g/mol. The molecular formula is C15H13BrO3. The van der Waals surface area contributed by atoms with E-state index in [2.05, 4.69) is 22.9 Å². The first-order valence-corrected chi connectivity index (χ1v) is 6.71. The first kappa shape index (κ1) is 13.6. The molecule has 98 valence electrons. The number of benzene rings is 2. The zero-order chi connectivity index (χ0) is 13.7. The summed E-state index contributed by atoms with van der Waals surface area (Å²) in [6.45, 7) is 2.07. The van der Waals surface area contributed by atoms with Crippen LogP contribution in [0.1, 0.15) is 12.5 Å². The summed E-state index contributed by atoms with van der Waals surface area (Å²) < 4.78 is 11.0. The van der Waals surface area contributed by atoms with Crippen LogP contribution in [0.25, 0.3) is 0 Å². The highest BCUT2D eigenvalue weighted by atomic mass is 79.9. The Balaban J connectivity index is 1.95. The van der Waals surface area contributed by atoms with Crippen LogP contribution < -0.4 is 9.47 Å². The van der Waals surface area contributed by atoms with Crippen molar-refractivity contribution in [1.29, 1.82) is 0 Å². The van der Waals surface area contributed by atoms with Crippen molar-refractivity contribution in [3.63, 3.8) is 0 Å². The Kier molecular flexibility index (Phi) is 4.58. The van der Waals surface area contributed by atoms with Crippen LogP contribution in [0.4, 0.5) is 4.79 Å². The Bertz CT molecular complexity index is 547. The first-order valence-electron chi connectivity index (χ1n) is 5.91. The minimum Gasteiger partial charge on any atom is -0.395 e. The Morgan fingerprint density at radius 1 is 0.947 bits per heavy atom. The van der Waals surface area contributed by atoms with Gasteiger partial charge in [0.15, 0.2) is 0 Å². The Hall–Kier alpha value is -1.81. The van der Waals surface area contributed by atoms with E-state index < -0.39 is 6.16 Å². The van der Waals surface area contributed by atoms with E-state index in [-0.39, 0.29) is 0 Å². The highest BCUT2D eigenvalue weighted by Gasteiger charge is 2.07. The van der Waals surface area contributed by atoms with Crippen molar-refractivity contribution >= 4 is 22.1 Å². The molecule has 0 heterocycles. The standard InChI is InChI=1S/C15H13BrO3/c1-2-11-3-7-13(8-4-11)18-15(17)19-14-9-5-12(16)6-10-14/h3-10H,2H2,1H3. The lowest BCUT2D eigenvalue weighted by Crippen LogP contribution is -2.13. The molecule has 0 bridgehead atoms. The molecule has 0 amide bonds. The SMILES string of the molecule is CCc1ccc(OC(=O)Oc2ccc(Br)cc2)cc1. The molecule has 0 atom stereocenters. The van der Waals surface area contributed by atoms with Gasteiger partial charge in [0.05, 0.1) is 0 Å². The molecule has 0 saturated heterocycles. The van der Waals surface area contributed by atoms with Gasteiger partial charge in [-0.15, -0.1) is 0 Å². The highest BCUT2D eigenvalue weighted by Crippen LogP contribution is 2.18. The quantitative estimate of drug-likeness (QED) is 0.613. The van der Waals surface area contributed by atoms with Crippen molar-refractivity contribution in [3.8, 4) is 11.5 Å². The van der Waals surface area contributed by atoms with Crippen LogP contribution >= 0.6 is 15.9 Å². The van der Waals surface area contributed by atoms with Gasteiger partial charge >= 0.3 is 6.16 Å². The van der Waals surface area contributed by atoms with E-state index in [1.54, 1.807) is 36.4 Å². The average molecular weight is 321 g/mol. The third kappa shape index (κ3) is 4.10. The van der Waals surface area contributed by atoms with Crippen LogP contribution in [0.2, 0.25) is 0 Å². The summed E-state index contributed by atoms with van der Waals surface area (Å²) in [7, 11) is 0. The second-order valence-corrected chi connectivity index (χ2v) is 4.82. The van der Waals surface area contributed by atoms with Crippen LogP contribution in [0, 0.1) is 0 Å². The predicted molar refractivity (Wildman–Crippen MR) is 76.6 cm³/mol. The summed E-state index contributed by atoms with van der Waals surface area (Å²) in [5.74, 6) is 0.915. The number of ether oxygens (including phenoxy) is 2. The van der Waals surface area contributed by atoms with Gasteiger partial charge in [0.2, 0.25) is 0 Å². The van der Waals surface area contributed by atoms with Crippen LogP contribution in [-0.4, -0.2) is 6.16 Å². The molecule has 0 fully saturated rings. The zero-order valence-electron chi connectivity index (χ0n) is 10.4. The maximum absolute atomic E-state index is 11.6. The molecule has 0 aliphatic rings. The van der Waals surface area contributed by atoms with Gasteiger partial charge in [0.1, 0.15) is 11.5 Å². The molecule has 0 spiro atoms. The Morgan fingerprint density at radius 2 is 1.42 bits per heavy atom. The molecule has 0 saturated carbocycles. The molecule has 0 N–H and O–H groups in total. The molecule has 19 heavy (non-hydrogen) atoms. The third-order valence-electron chi connectivity index (χ3n) is 2.55. The lowest BCUT2D eigenvalue weighted by Gasteiger charge is -2.06. The summed E-state index contributed by atoms with van der Waals surface area (Å²) in [6, 6.07) is 14.3. The molecule has 0 unspecified atom stereocenters. The maximum Gasteiger partial charge on any atom is 0.519 e. The normalized spacial score (nSPS) is 10.0. The maximum atomic E-state index is 11.6. The van der Waals surface area contributed by atoms with Crippen LogP contribution in [-0.2, 0) is 6.42 Å². The van der Waals surface area contributed by atoms with Gasteiger partial charge in [-0.25, -0.2) is 4.79 Å². The molecule has 2 aromatic carbocycles. The van der Waals surface area contributed by atoms with E-state index >= 15 is 0 Å². The number of aryl methyl sites for hydroxylation is 1. The topological polar surface area (TPSA) is 35.5 Å². The molecule has 0 aliphatic carbocycles. The molecule has 4 heteroatoms. The molecule has 3 nitrogen and oxygen atoms in total. The molecule has 0 radical (unpaired) electrons. The number of halogens is 1. The minimum atomic E-state index is -0.744. The first-order chi connectivity index (χ1) is 9.17. The lowest BCUT2D eigenvalue weighted by atomic mass is 10.2. The van der Waals surface area contributed by atoms with E-state index in [1.807, 2.05) is 12.1 Å². The van der Waals surface area contributed by atoms with Gasteiger partial charge in [-0.3, -0.25) is 0 Å². The van der Waals surface area contributed by atoms with Crippen molar-refractivity contribution in [1.82, 2.24) is 0 Å². The molecule has 2 rings (SSSR count). The number of rotatable bonds is 3. The number of carbonyl (C=O) groups excluding carboxylic acids is 1. The monoisotopic (exact) mass is 320 g/mol.